The number of rotatable bonds is 5. The number of amides is 1. The van der Waals surface area contributed by atoms with Crippen LogP contribution in [0.15, 0.2) is 53.0 Å². The van der Waals surface area contributed by atoms with Crippen LogP contribution in [0.4, 0.5) is 5.69 Å². The molecule has 2 aromatic rings. The first-order chi connectivity index (χ1) is 9.69. The second kappa shape index (κ2) is 7.10. The van der Waals surface area contributed by atoms with Crippen LogP contribution >= 0.6 is 15.9 Å². The fraction of sp³-hybridized carbons (Fsp3) is 0.188. The molecule has 0 saturated carbocycles. The van der Waals surface area contributed by atoms with Crippen molar-refractivity contribution in [2.24, 2.45) is 0 Å². The summed E-state index contributed by atoms with van der Waals surface area (Å²) in [5.41, 5.74) is 1.84. The Labute approximate surface area is 127 Å². The molecule has 0 bridgehead atoms. The van der Waals surface area contributed by atoms with E-state index in [2.05, 4.69) is 21.2 Å². The first-order valence-electron chi connectivity index (χ1n) is 6.36. The van der Waals surface area contributed by atoms with Gasteiger partial charge in [-0.1, -0.05) is 40.2 Å². The van der Waals surface area contributed by atoms with Crippen molar-refractivity contribution >= 4 is 27.5 Å². The van der Waals surface area contributed by atoms with E-state index in [1.807, 2.05) is 48.5 Å². The molecular weight excluding hydrogens is 318 g/mol. The van der Waals surface area contributed by atoms with Crippen molar-refractivity contribution < 1.29 is 9.53 Å². The zero-order chi connectivity index (χ0) is 14.4. The van der Waals surface area contributed by atoms with Gasteiger partial charge < -0.3 is 10.1 Å². The number of halogens is 1. The molecule has 4 heteroatoms. The maximum absolute atomic E-state index is 12.0. The van der Waals surface area contributed by atoms with Crippen LogP contribution in [0.2, 0.25) is 0 Å². The molecule has 0 atom stereocenters. The third-order valence-corrected chi connectivity index (χ3v) is 3.40. The highest BCUT2D eigenvalue weighted by molar-refractivity contribution is 9.10. The van der Waals surface area contributed by atoms with Crippen LogP contribution in [0, 0.1) is 0 Å². The molecule has 0 aliphatic rings. The Morgan fingerprint density at radius 2 is 2.00 bits per heavy atom. The summed E-state index contributed by atoms with van der Waals surface area (Å²) in [6.07, 6.45) is 1.15. The first kappa shape index (κ1) is 14.6. The molecular formula is C16H16BrNO2. The summed E-state index contributed by atoms with van der Waals surface area (Å²) in [5.74, 6) is 0.651. The number of carbonyl (C=O) groups is 1. The van der Waals surface area contributed by atoms with Gasteiger partial charge >= 0.3 is 0 Å². The molecule has 2 rings (SSSR count). The van der Waals surface area contributed by atoms with Gasteiger partial charge in [-0.05, 0) is 36.2 Å². The van der Waals surface area contributed by atoms with Gasteiger partial charge in [-0.3, -0.25) is 4.79 Å². The van der Waals surface area contributed by atoms with E-state index >= 15 is 0 Å². The van der Waals surface area contributed by atoms with E-state index in [0.717, 1.165) is 10.0 Å². The van der Waals surface area contributed by atoms with E-state index in [-0.39, 0.29) is 5.91 Å². The minimum atomic E-state index is -0.0190. The molecule has 0 spiro atoms. The van der Waals surface area contributed by atoms with Crippen molar-refractivity contribution in [3.05, 3.63) is 58.6 Å². The minimum Gasteiger partial charge on any atom is -0.495 e. The number of para-hydroxylation sites is 2. The number of ether oxygens (including phenoxy) is 1. The largest absolute Gasteiger partial charge is 0.495 e. The standard InChI is InChI=1S/C16H16BrNO2/c1-20-15-8-3-2-7-14(15)18-16(19)10-9-12-5-4-6-13(17)11-12/h2-8,11H,9-10H2,1H3,(H,18,19). The molecule has 1 N–H and O–H groups in total. The Balaban J connectivity index is 1.93. The van der Waals surface area contributed by atoms with Gasteiger partial charge in [0.1, 0.15) is 5.75 Å². The quantitative estimate of drug-likeness (QED) is 0.897. The van der Waals surface area contributed by atoms with Crippen LogP contribution in [0.25, 0.3) is 0 Å². The van der Waals surface area contributed by atoms with Gasteiger partial charge in [0.2, 0.25) is 5.91 Å². The lowest BCUT2D eigenvalue weighted by Crippen LogP contribution is -2.13. The number of nitrogens with one attached hydrogen (secondary N) is 1. The lowest BCUT2D eigenvalue weighted by atomic mass is 10.1. The van der Waals surface area contributed by atoms with Crippen molar-refractivity contribution in [3.63, 3.8) is 0 Å². The molecule has 2 aromatic carbocycles. The van der Waals surface area contributed by atoms with Crippen LogP contribution in [-0.4, -0.2) is 13.0 Å². The van der Waals surface area contributed by atoms with E-state index < -0.39 is 0 Å². The normalized spacial score (nSPS) is 10.1. The number of carbonyl (C=O) groups excluding carboxylic acids is 1. The third kappa shape index (κ3) is 4.10. The summed E-state index contributed by atoms with van der Waals surface area (Å²) in [7, 11) is 1.59. The van der Waals surface area contributed by atoms with Crippen LogP contribution in [0.3, 0.4) is 0 Å². The van der Waals surface area contributed by atoms with E-state index in [4.69, 9.17) is 4.74 Å². The van der Waals surface area contributed by atoms with Crippen molar-refractivity contribution in [1.82, 2.24) is 0 Å². The molecule has 0 aromatic heterocycles. The highest BCUT2D eigenvalue weighted by Crippen LogP contribution is 2.23. The number of benzene rings is 2. The van der Waals surface area contributed by atoms with Gasteiger partial charge in [-0.15, -0.1) is 0 Å². The van der Waals surface area contributed by atoms with E-state index in [1.165, 1.54) is 0 Å². The third-order valence-electron chi connectivity index (χ3n) is 2.91. The van der Waals surface area contributed by atoms with Crippen LogP contribution in [-0.2, 0) is 11.2 Å². The second-order valence-electron chi connectivity index (χ2n) is 4.38. The molecule has 0 saturated heterocycles. The number of methoxy groups -OCH3 is 1. The first-order valence-corrected chi connectivity index (χ1v) is 7.15. The maximum Gasteiger partial charge on any atom is 0.224 e. The average Bonchev–Trinajstić information content (AvgIpc) is 2.46. The Morgan fingerprint density at radius 1 is 1.20 bits per heavy atom. The summed E-state index contributed by atoms with van der Waals surface area (Å²) >= 11 is 3.42. The molecule has 20 heavy (non-hydrogen) atoms. The van der Waals surface area contributed by atoms with Gasteiger partial charge in [-0.2, -0.15) is 0 Å². The molecule has 0 heterocycles. The molecule has 0 aliphatic carbocycles. The van der Waals surface area contributed by atoms with Crippen LogP contribution in [0.1, 0.15) is 12.0 Å². The lowest BCUT2D eigenvalue weighted by molar-refractivity contribution is -0.116. The Hall–Kier alpha value is -1.81. The summed E-state index contributed by atoms with van der Waals surface area (Å²) in [6, 6.07) is 15.4. The highest BCUT2D eigenvalue weighted by atomic mass is 79.9. The van der Waals surface area contributed by atoms with E-state index in [1.54, 1.807) is 7.11 Å². The SMILES string of the molecule is COc1ccccc1NC(=O)CCc1cccc(Br)c1. The number of anilines is 1. The fourth-order valence-electron chi connectivity index (χ4n) is 1.91. The van der Waals surface area contributed by atoms with Gasteiger partial charge in [0, 0.05) is 10.9 Å². The minimum absolute atomic E-state index is 0.0190. The van der Waals surface area contributed by atoms with Gasteiger partial charge in [0.05, 0.1) is 12.8 Å². The number of hydrogen-bond acceptors (Lipinski definition) is 2. The van der Waals surface area contributed by atoms with Crippen molar-refractivity contribution in [2.45, 2.75) is 12.8 Å². The van der Waals surface area contributed by atoms with Crippen LogP contribution < -0.4 is 10.1 Å². The molecule has 0 aliphatic heterocycles. The predicted octanol–water partition coefficient (Wildman–Crippen LogP) is 4.03. The number of aryl methyl sites for hydroxylation is 1. The predicted molar refractivity (Wildman–Crippen MR) is 84.1 cm³/mol. The summed E-state index contributed by atoms with van der Waals surface area (Å²) in [6.45, 7) is 0. The summed E-state index contributed by atoms with van der Waals surface area (Å²) in [5, 5.41) is 2.87. The lowest BCUT2D eigenvalue weighted by Gasteiger charge is -2.09. The Morgan fingerprint density at radius 3 is 2.75 bits per heavy atom. The molecule has 0 unspecified atom stereocenters. The van der Waals surface area contributed by atoms with Gasteiger partial charge in [-0.25, -0.2) is 0 Å². The fourth-order valence-corrected chi connectivity index (χ4v) is 2.36. The van der Waals surface area contributed by atoms with Crippen molar-refractivity contribution in [3.8, 4) is 5.75 Å². The Bertz CT molecular complexity index is 599. The molecule has 1 amide bonds. The summed E-state index contributed by atoms with van der Waals surface area (Å²) in [4.78, 5) is 12.0. The van der Waals surface area contributed by atoms with Gasteiger partial charge in [0.15, 0.2) is 0 Å². The van der Waals surface area contributed by atoms with Crippen molar-refractivity contribution in [1.29, 1.82) is 0 Å². The summed E-state index contributed by atoms with van der Waals surface area (Å²) < 4.78 is 6.23. The van der Waals surface area contributed by atoms with E-state index in [9.17, 15) is 4.79 Å². The molecule has 3 nitrogen and oxygen atoms in total. The zero-order valence-corrected chi connectivity index (χ0v) is 12.8. The number of hydrogen-bond donors (Lipinski definition) is 1. The topological polar surface area (TPSA) is 38.3 Å². The van der Waals surface area contributed by atoms with Crippen molar-refractivity contribution in [2.75, 3.05) is 12.4 Å². The zero-order valence-electron chi connectivity index (χ0n) is 11.2. The monoisotopic (exact) mass is 333 g/mol. The average molecular weight is 334 g/mol. The Kier molecular flexibility index (Phi) is 5.18. The van der Waals surface area contributed by atoms with Crippen LogP contribution in [0.5, 0.6) is 5.75 Å². The van der Waals surface area contributed by atoms with E-state index in [0.29, 0.717) is 24.3 Å². The highest BCUT2D eigenvalue weighted by Gasteiger charge is 2.07. The molecule has 0 radical (unpaired) electrons. The molecule has 0 fully saturated rings. The molecule has 104 valence electrons. The maximum atomic E-state index is 12.0. The smallest absolute Gasteiger partial charge is 0.224 e. The van der Waals surface area contributed by atoms with Gasteiger partial charge in [0.25, 0.3) is 0 Å². The second-order valence-corrected chi connectivity index (χ2v) is 5.29.